The van der Waals surface area contributed by atoms with Crippen LogP contribution >= 0.6 is 0 Å². The first kappa shape index (κ1) is 17.6. The van der Waals surface area contributed by atoms with E-state index in [1.165, 1.54) is 0 Å². The maximum absolute atomic E-state index is 12.0. The molecule has 3 N–H and O–H groups in total. The van der Waals surface area contributed by atoms with Gasteiger partial charge >= 0.3 is 18.2 Å². The molecule has 0 bridgehead atoms. The number of carbonyl (C=O) groups excluding carboxylic acids is 1. The van der Waals surface area contributed by atoms with E-state index in [0.29, 0.717) is 19.3 Å². The molecular formula is C13H21F3N2O3. The summed E-state index contributed by atoms with van der Waals surface area (Å²) in [5.41, 5.74) is -1.31. The van der Waals surface area contributed by atoms with Gasteiger partial charge in [-0.1, -0.05) is 19.8 Å². The van der Waals surface area contributed by atoms with Crippen molar-refractivity contribution in [1.29, 1.82) is 0 Å². The maximum Gasteiger partial charge on any atom is 0.389 e. The second-order valence-corrected chi connectivity index (χ2v) is 5.69. The third-order valence-corrected chi connectivity index (χ3v) is 3.68. The first-order valence-corrected chi connectivity index (χ1v) is 7.01. The fourth-order valence-electron chi connectivity index (χ4n) is 2.66. The number of halogens is 3. The third-order valence-electron chi connectivity index (χ3n) is 3.68. The van der Waals surface area contributed by atoms with Crippen molar-refractivity contribution >= 4 is 12.0 Å². The van der Waals surface area contributed by atoms with E-state index in [1.807, 2.05) is 6.92 Å². The van der Waals surface area contributed by atoms with Gasteiger partial charge in [0.15, 0.2) is 0 Å². The summed E-state index contributed by atoms with van der Waals surface area (Å²) in [6, 6.07) is -0.728. The molecule has 0 radical (unpaired) electrons. The number of aliphatic carboxylic acids is 1. The monoisotopic (exact) mass is 310 g/mol. The van der Waals surface area contributed by atoms with Gasteiger partial charge in [0.1, 0.15) is 5.54 Å². The predicted molar refractivity (Wildman–Crippen MR) is 69.8 cm³/mol. The van der Waals surface area contributed by atoms with E-state index in [2.05, 4.69) is 10.6 Å². The first-order chi connectivity index (χ1) is 9.65. The van der Waals surface area contributed by atoms with Crippen LogP contribution in [0.2, 0.25) is 0 Å². The summed E-state index contributed by atoms with van der Waals surface area (Å²) in [6.07, 6.45) is -3.19. The molecule has 2 atom stereocenters. The lowest BCUT2D eigenvalue weighted by Gasteiger charge is -2.37. The highest BCUT2D eigenvalue weighted by Gasteiger charge is 2.43. The summed E-state index contributed by atoms with van der Waals surface area (Å²) in [6.45, 7) is 1.77. The fraction of sp³-hybridized carbons (Fsp3) is 0.846. The van der Waals surface area contributed by atoms with Crippen LogP contribution in [0.15, 0.2) is 0 Å². The van der Waals surface area contributed by atoms with E-state index >= 15 is 0 Å². The van der Waals surface area contributed by atoms with Gasteiger partial charge in [-0.2, -0.15) is 13.2 Å². The molecule has 8 heteroatoms. The molecule has 0 aromatic heterocycles. The number of carboxylic acid groups (broad SMARTS) is 1. The molecular weight excluding hydrogens is 289 g/mol. The lowest BCUT2D eigenvalue weighted by atomic mass is 9.76. The van der Waals surface area contributed by atoms with Gasteiger partial charge in [0, 0.05) is 13.0 Å². The summed E-state index contributed by atoms with van der Waals surface area (Å²) in [4.78, 5) is 23.1. The Morgan fingerprint density at radius 1 is 1.38 bits per heavy atom. The van der Waals surface area contributed by atoms with Gasteiger partial charge < -0.3 is 15.7 Å². The largest absolute Gasteiger partial charge is 0.480 e. The summed E-state index contributed by atoms with van der Waals surface area (Å²) in [5.74, 6) is -0.917. The van der Waals surface area contributed by atoms with Crippen molar-refractivity contribution in [3.63, 3.8) is 0 Å². The van der Waals surface area contributed by atoms with E-state index in [9.17, 15) is 27.9 Å². The third kappa shape index (κ3) is 5.81. The van der Waals surface area contributed by atoms with E-state index in [4.69, 9.17) is 0 Å². The highest BCUT2D eigenvalue weighted by Crippen LogP contribution is 2.32. The molecule has 5 nitrogen and oxygen atoms in total. The Balaban J connectivity index is 2.45. The molecule has 2 unspecified atom stereocenters. The number of carbonyl (C=O) groups is 2. The van der Waals surface area contributed by atoms with Gasteiger partial charge in [0.05, 0.1) is 0 Å². The van der Waals surface area contributed by atoms with Crippen LogP contribution in [0.5, 0.6) is 0 Å². The van der Waals surface area contributed by atoms with E-state index in [-0.39, 0.29) is 18.9 Å². The highest BCUT2D eigenvalue weighted by atomic mass is 19.4. The van der Waals surface area contributed by atoms with Gasteiger partial charge in [-0.25, -0.2) is 9.59 Å². The number of urea groups is 1. The molecule has 0 aromatic carbocycles. The molecule has 0 heterocycles. The standard InChI is InChI=1S/C13H21F3N2O3/c1-9-4-2-5-12(8-9,10(19)20)18-11(21)17-7-3-6-13(14,15)16/h9H,2-8H2,1H3,(H,19,20)(H2,17,18,21). The minimum Gasteiger partial charge on any atom is -0.480 e. The Morgan fingerprint density at radius 3 is 2.57 bits per heavy atom. The molecule has 1 rings (SSSR count). The zero-order valence-corrected chi connectivity index (χ0v) is 11.9. The molecule has 0 aliphatic heterocycles. The lowest BCUT2D eigenvalue weighted by Crippen LogP contribution is -2.59. The van der Waals surface area contributed by atoms with Crippen molar-refractivity contribution in [1.82, 2.24) is 10.6 Å². The number of carboxylic acids is 1. The van der Waals surface area contributed by atoms with Crippen LogP contribution in [0.25, 0.3) is 0 Å². The molecule has 0 saturated heterocycles. The summed E-state index contributed by atoms with van der Waals surface area (Å²) in [7, 11) is 0. The molecule has 122 valence electrons. The normalized spacial score (nSPS) is 26.2. The van der Waals surface area contributed by atoms with Crippen LogP contribution < -0.4 is 10.6 Å². The summed E-state index contributed by atoms with van der Waals surface area (Å²) < 4.78 is 35.9. The Hall–Kier alpha value is -1.47. The van der Waals surface area contributed by atoms with Crippen molar-refractivity contribution in [2.75, 3.05) is 6.54 Å². The van der Waals surface area contributed by atoms with Crippen molar-refractivity contribution in [2.45, 2.75) is 57.2 Å². The predicted octanol–water partition coefficient (Wildman–Crippen LogP) is 2.66. The van der Waals surface area contributed by atoms with Crippen molar-refractivity contribution in [2.24, 2.45) is 5.92 Å². The van der Waals surface area contributed by atoms with Gasteiger partial charge in [0.25, 0.3) is 0 Å². The highest BCUT2D eigenvalue weighted by molar-refractivity contribution is 5.86. The Kier molecular flexibility index (Phi) is 5.86. The quantitative estimate of drug-likeness (QED) is 0.683. The van der Waals surface area contributed by atoms with Crippen LogP contribution in [-0.4, -0.2) is 35.4 Å². The number of alkyl halides is 3. The second kappa shape index (κ2) is 7.00. The number of rotatable bonds is 5. The zero-order valence-electron chi connectivity index (χ0n) is 11.9. The van der Waals surface area contributed by atoms with E-state index in [1.54, 1.807) is 0 Å². The average Bonchev–Trinajstić information content (AvgIpc) is 2.33. The average molecular weight is 310 g/mol. The molecule has 1 saturated carbocycles. The fourth-order valence-corrected chi connectivity index (χ4v) is 2.66. The topological polar surface area (TPSA) is 78.4 Å². The summed E-state index contributed by atoms with van der Waals surface area (Å²) >= 11 is 0. The van der Waals surface area contributed by atoms with E-state index < -0.39 is 30.1 Å². The number of hydrogen-bond acceptors (Lipinski definition) is 2. The van der Waals surface area contributed by atoms with Crippen LogP contribution in [0.4, 0.5) is 18.0 Å². The molecule has 1 fully saturated rings. The number of nitrogens with one attached hydrogen (secondary N) is 2. The Morgan fingerprint density at radius 2 is 2.05 bits per heavy atom. The van der Waals surface area contributed by atoms with Gasteiger partial charge in [-0.3, -0.25) is 0 Å². The molecule has 1 aliphatic carbocycles. The van der Waals surface area contributed by atoms with Crippen molar-refractivity contribution in [3.8, 4) is 0 Å². The molecule has 2 amide bonds. The minimum atomic E-state index is -4.25. The lowest BCUT2D eigenvalue weighted by molar-refractivity contribution is -0.146. The van der Waals surface area contributed by atoms with Gasteiger partial charge in [-0.05, 0) is 25.2 Å². The van der Waals surface area contributed by atoms with E-state index in [0.717, 1.165) is 6.42 Å². The molecule has 0 aromatic rings. The van der Waals surface area contributed by atoms with Crippen LogP contribution in [-0.2, 0) is 4.79 Å². The molecule has 0 spiro atoms. The second-order valence-electron chi connectivity index (χ2n) is 5.69. The molecule has 21 heavy (non-hydrogen) atoms. The zero-order chi connectivity index (χ0) is 16.1. The van der Waals surface area contributed by atoms with Crippen LogP contribution in [0.3, 0.4) is 0 Å². The Bertz CT molecular complexity index is 387. The van der Waals surface area contributed by atoms with Crippen LogP contribution in [0.1, 0.15) is 45.4 Å². The minimum absolute atomic E-state index is 0.142. The smallest absolute Gasteiger partial charge is 0.389 e. The van der Waals surface area contributed by atoms with Crippen molar-refractivity contribution in [3.05, 3.63) is 0 Å². The van der Waals surface area contributed by atoms with Gasteiger partial charge in [-0.15, -0.1) is 0 Å². The maximum atomic E-state index is 12.0. The van der Waals surface area contributed by atoms with Gasteiger partial charge in [0.2, 0.25) is 0 Å². The van der Waals surface area contributed by atoms with Crippen molar-refractivity contribution < 1.29 is 27.9 Å². The summed E-state index contributed by atoms with van der Waals surface area (Å²) in [5, 5.41) is 14.1. The Labute approximate surface area is 121 Å². The number of hydrogen-bond donors (Lipinski definition) is 3. The number of amides is 2. The van der Waals surface area contributed by atoms with Crippen LogP contribution in [0, 0.1) is 5.92 Å². The molecule has 1 aliphatic rings. The first-order valence-electron chi connectivity index (χ1n) is 7.01. The SMILES string of the molecule is CC1CCCC(NC(=O)NCCCC(F)(F)F)(C(=O)O)C1.